The van der Waals surface area contributed by atoms with Crippen LogP contribution in [0.5, 0.6) is 5.75 Å². The van der Waals surface area contributed by atoms with Crippen molar-refractivity contribution in [3.8, 4) is 11.4 Å². The van der Waals surface area contributed by atoms with E-state index in [0.717, 1.165) is 23.6 Å². The molecule has 0 fully saturated rings. The van der Waals surface area contributed by atoms with Gasteiger partial charge < -0.3 is 10.1 Å². The van der Waals surface area contributed by atoms with Gasteiger partial charge in [0.15, 0.2) is 0 Å². The van der Waals surface area contributed by atoms with Crippen LogP contribution in [0.4, 0.5) is 0 Å². The Morgan fingerprint density at radius 3 is 2.68 bits per heavy atom. The van der Waals surface area contributed by atoms with Gasteiger partial charge in [-0.1, -0.05) is 49.7 Å². The highest BCUT2D eigenvalue weighted by Gasteiger charge is 2.25. The van der Waals surface area contributed by atoms with Crippen LogP contribution in [0.1, 0.15) is 46.9 Å². The minimum Gasteiger partial charge on any atom is -0.488 e. The van der Waals surface area contributed by atoms with Crippen molar-refractivity contribution in [2.24, 2.45) is 0 Å². The Balaban J connectivity index is 1.49. The molecule has 28 heavy (non-hydrogen) atoms. The van der Waals surface area contributed by atoms with E-state index in [0.29, 0.717) is 12.1 Å². The molecule has 2 heterocycles. The molecule has 1 amide bonds. The lowest BCUT2D eigenvalue weighted by atomic mass is 10.0. The van der Waals surface area contributed by atoms with Crippen molar-refractivity contribution in [2.45, 2.75) is 39.2 Å². The van der Waals surface area contributed by atoms with Gasteiger partial charge in [0.05, 0.1) is 29.7 Å². The highest BCUT2D eigenvalue weighted by atomic mass is 16.5. The highest BCUT2D eigenvalue weighted by Crippen LogP contribution is 2.28. The number of hydrogen-bond donors (Lipinski definition) is 1. The highest BCUT2D eigenvalue weighted by molar-refractivity contribution is 5.95. The van der Waals surface area contributed by atoms with E-state index in [1.807, 2.05) is 35.0 Å². The molecular formula is C23H25N3O2. The number of amides is 1. The van der Waals surface area contributed by atoms with Gasteiger partial charge in [-0.3, -0.25) is 4.79 Å². The molecule has 1 aromatic heterocycles. The Labute approximate surface area is 165 Å². The zero-order valence-electron chi connectivity index (χ0n) is 16.5. The molecular weight excluding hydrogens is 350 g/mol. The molecule has 0 bridgehead atoms. The number of aryl methyl sites for hydroxylation is 1. The van der Waals surface area contributed by atoms with Gasteiger partial charge in [0.1, 0.15) is 11.9 Å². The van der Waals surface area contributed by atoms with E-state index in [-0.39, 0.29) is 17.9 Å². The van der Waals surface area contributed by atoms with Gasteiger partial charge in [-0.25, -0.2) is 4.68 Å². The molecule has 0 saturated carbocycles. The fourth-order valence-electron chi connectivity index (χ4n) is 3.65. The van der Waals surface area contributed by atoms with Crippen LogP contribution in [0.2, 0.25) is 0 Å². The van der Waals surface area contributed by atoms with Crippen molar-refractivity contribution in [1.82, 2.24) is 15.1 Å². The fourth-order valence-corrected chi connectivity index (χ4v) is 3.65. The number of nitrogens with one attached hydrogen (secondary N) is 1. The summed E-state index contributed by atoms with van der Waals surface area (Å²) in [7, 11) is 0. The number of nitrogens with zero attached hydrogens (tertiary/aromatic N) is 2. The summed E-state index contributed by atoms with van der Waals surface area (Å²) in [5.41, 5.74) is 4.88. The third-order valence-electron chi connectivity index (χ3n) is 5.08. The SMILES string of the molecule is Cc1ccc(-n2ncc(C(=O)NCC3Cc4ccccc4O3)c2C(C)C)cc1. The second-order valence-corrected chi connectivity index (χ2v) is 7.61. The summed E-state index contributed by atoms with van der Waals surface area (Å²) in [6.07, 6.45) is 2.45. The topological polar surface area (TPSA) is 56.2 Å². The van der Waals surface area contributed by atoms with E-state index in [1.54, 1.807) is 6.20 Å². The Morgan fingerprint density at radius 1 is 1.21 bits per heavy atom. The van der Waals surface area contributed by atoms with Crippen LogP contribution in [0.3, 0.4) is 0 Å². The number of benzene rings is 2. The summed E-state index contributed by atoms with van der Waals surface area (Å²) in [6.45, 7) is 6.68. The molecule has 1 unspecified atom stereocenters. The minimum absolute atomic E-state index is 0.0315. The lowest BCUT2D eigenvalue weighted by Gasteiger charge is -2.15. The number of carbonyl (C=O) groups is 1. The van der Waals surface area contributed by atoms with Crippen LogP contribution in [0, 0.1) is 6.92 Å². The van der Waals surface area contributed by atoms with E-state index in [2.05, 4.69) is 49.4 Å². The average Bonchev–Trinajstić information content (AvgIpc) is 3.31. The predicted octanol–water partition coefficient (Wildman–Crippen LogP) is 4.04. The normalized spacial score (nSPS) is 15.4. The first kappa shape index (κ1) is 18.3. The van der Waals surface area contributed by atoms with Gasteiger partial charge in [-0.05, 0) is 36.6 Å². The van der Waals surface area contributed by atoms with E-state index < -0.39 is 0 Å². The van der Waals surface area contributed by atoms with Crippen LogP contribution >= 0.6 is 0 Å². The Hall–Kier alpha value is -3.08. The number of rotatable bonds is 5. The molecule has 0 radical (unpaired) electrons. The van der Waals surface area contributed by atoms with Crippen LogP contribution in [-0.4, -0.2) is 28.3 Å². The van der Waals surface area contributed by atoms with E-state index >= 15 is 0 Å². The Kier molecular flexibility index (Phi) is 4.90. The summed E-state index contributed by atoms with van der Waals surface area (Å²) in [4.78, 5) is 12.9. The first-order valence-electron chi connectivity index (χ1n) is 9.70. The molecule has 2 aromatic carbocycles. The maximum absolute atomic E-state index is 12.9. The van der Waals surface area contributed by atoms with Crippen molar-refractivity contribution in [3.63, 3.8) is 0 Å². The number of hydrogen-bond acceptors (Lipinski definition) is 3. The number of carbonyl (C=O) groups excluding carboxylic acids is 1. The maximum Gasteiger partial charge on any atom is 0.254 e. The van der Waals surface area contributed by atoms with Gasteiger partial charge in [0.25, 0.3) is 5.91 Å². The van der Waals surface area contributed by atoms with Crippen LogP contribution < -0.4 is 10.1 Å². The quantitative estimate of drug-likeness (QED) is 0.732. The molecule has 1 aliphatic heterocycles. The molecule has 4 rings (SSSR count). The van der Waals surface area contributed by atoms with Crippen molar-refractivity contribution in [3.05, 3.63) is 77.1 Å². The zero-order chi connectivity index (χ0) is 19.7. The van der Waals surface area contributed by atoms with E-state index in [9.17, 15) is 4.79 Å². The van der Waals surface area contributed by atoms with Gasteiger partial charge >= 0.3 is 0 Å². The van der Waals surface area contributed by atoms with Crippen LogP contribution in [-0.2, 0) is 6.42 Å². The van der Waals surface area contributed by atoms with E-state index in [1.165, 1.54) is 11.1 Å². The first-order valence-corrected chi connectivity index (χ1v) is 9.70. The minimum atomic E-state index is -0.110. The molecule has 1 N–H and O–H groups in total. The summed E-state index contributed by atoms with van der Waals surface area (Å²) in [5.74, 6) is 0.968. The molecule has 0 spiro atoms. The Bertz CT molecular complexity index is 964. The molecule has 0 aliphatic carbocycles. The summed E-state index contributed by atoms with van der Waals surface area (Å²) < 4.78 is 7.78. The number of aromatic nitrogens is 2. The molecule has 5 heteroatoms. The van der Waals surface area contributed by atoms with Crippen molar-refractivity contribution >= 4 is 5.91 Å². The van der Waals surface area contributed by atoms with E-state index in [4.69, 9.17) is 4.74 Å². The maximum atomic E-state index is 12.9. The monoisotopic (exact) mass is 375 g/mol. The van der Waals surface area contributed by atoms with Crippen LogP contribution in [0.25, 0.3) is 5.69 Å². The molecule has 5 nitrogen and oxygen atoms in total. The smallest absolute Gasteiger partial charge is 0.254 e. The van der Waals surface area contributed by atoms with Gasteiger partial charge in [0, 0.05) is 6.42 Å². The lowest BCUT2D eigenvalue weighted by Crippen LogP contribution is -2.34. The predicted molar refractivity (Wildman–Crippen MR) is 109 cm³/mol. The lowest BCUT2D eigenvalue weighted by molar-refractivity contribution is 0.0932. The first-order chi connectivity index (χ1) is 13.5. The third kappa shape index (κ3) is 3.52. The van der Waals surface area contributed by atoms with Crippen molar-refractivity contribution in [1.29, 1.82) is 0 Å². The molecule has 1 aliphatic rings. The fraction of sp³-hybridized carbons (Fsp3) is 0.304. The van der Waals surface area contributed by atoms with Crippen molar-refractivity contribution < 1.29 is 9.53 Å². The Morgan fingerprint density at radius 2 is 1.96 bits per heavy atom. The largest absolute Gasteiger partial charge is 0.488 e. The van der Waals surface area contributed by atoms with Gasteiger partial charge in [0.2, 0.25) is 0 Å². The summed E-state index contributed by atoms with van der Waals surface area (Å²) in [5, 5.41) is 7.52. The van der Waals surface area contributed by atoms with Crippen molar-refractivity contribution in [2.75, 3.05) is 6.54 Å². The molecule has 0 saturated heterocycles. The second-order valence-electron chi connectivity index (χ2n) is 7.61. The van der Waals surface area contributed by atoms with Crippen LogP contribution in [0.15, 0.2) is 54.7 Å². The summed E-state index contributed by atoms with van der Waals surface area (Å²) >= 11 is 0. The standard InChI is InChI=1S/C23H25N3O2/c1-15(2)22-20(14-25-26(22)18-10-8-16(3)9-11-18)23(27)24-13-19-12-17-6-4-5-7-21(17)28-19/h4-11,14-15,19H,12-13H2,1-3H3,(H,24,27). The molecule has 1 atom stereocenters. The van der Waals surface area contributed by atoms with Gasteiger partial charge in [-0.15, -0.1) is 0 Å². The molecule has 3 aromatic rings. The third-order valence-corrected chi connectivity index (χ3v) is 5.08. The summed E-state index contributed by atoms with van der Waals surface area (Å²) in [6, 6.07) is 16.2. The zero-order valence-corrected chi connectivity index (χ0v) is 16.5. The average molecular weight is 375 g/mol. The van der Waals surface area contributed by atoms with Gasteiger partial charge in [-0.2, -0.15) is 5.10 Å². The number of fused-ring (bicyclic) bond motifs is 1. The second kappa shape index (κ2) is 7.50. The molecule has 144 valence electrons. The number of para-hydroxylation sites is 1. The number of ether oxygens (including phenoxy) is 1.